The number of halogens is 1. The van der Waals surface area contributed by atoms with Gasteiger partial charge in [0.1, 0.15) is 5.82 Å². The Bertz CT molecular complexity index is 1080. The Morgan fingerprint density at radius 1 is 0.781 bits per heavy atom. The first-order valence-corrected chi connectivity index (χ1v) is 11.1. The molecule has 0 bridgehead atoms. The van der Waals surface area contributed by atoms with E-state index < -0.39 is 0 Å². The van der Waals surface area contributed by atoms with Crippen molar-refractivity contribution >= 4 is 0 Å². The van der Waals surface area contributed by atoms with Crippen molar-refractivity contribution in [3.63, 3.8) is 0 Å². The number of nitrogens with zero attached hydrogens (tertiary/aromatic N) is 3. The average molecular weight is 427 g/mol. The number of aromatic amines is 1. The maximum absolute atomic E-state index is 13.3. The maximum Gasteiger partial charge on any atom is 0.123 e. The summed E-state index contributed by atoms with van der Waals surface area (Å²) in [6, 6.07) is 28.4. The molecule has 0 atom stereocenters. The lowest BCUT2D eigenvalue weighted by atomic mass is 9.96. The molecule has 0 radical (unpaired) electrons. The van der Waals surface area contributed by atoms with Gasteiger partial charge in [0.2, 0.25) is 0 Å². The molecule has 5 rings (SSSR count). The number of hydrogen-bond donors (Lipinski definition) is 1. The fraction of sp³-hybridized carbons (Fsp3) is 0.222. The smallest absolute Gasteiger partial charge is 0.123 e. The molecule has 0 spiro atoms. The number of benzene rings is 3. The molecule has 4 aromatic rings. The summed E-state index contributed by atoms with van der Waals surface area (Å²) >= 11 is 0. The minimum atomic E-state index is -0.225. The van der Waals surface area contributed by atoms with Crippen LogP contribution in [0.25, 0.3) is 11.3 Å². The van der Waals surface area contributed by atoms with E-state index in [4.69, 9.17) is 0 Å². The molecule has 1 aliphatic rings. The van der Waals surface area contributed by atoms with Crippen molar-refractivity contribution in [3.8, 4) is 11.3 Å². The number of aromatic nitrogens is 2. The summed E-state index contributed by atoms with van der Waals surface area (Å²) in [5, 5.41) is 7.34. The Morgan fingerprint density at radius 3 is 1.97 bits per heavy atom. The van der Waals surface area contributed by atoms with Crippen LogP contribution in [0.3, 0.4) is 0 Å². The first kappa shape index (κ1) is 20.6. The van der Waals surface area contributed by atoms with Crippen LogP contribution < -0.4 is 0 Å². The Hall–Kier alpha value is -3.28. The molecule has 1 aromatic heterocycles. The van der Waals surface area contributed by atoms with Gasteiger partial charge in [-0.1, -0.05) is 60.7 Å². The molecule has 4 nitrogen and oxygen atoms in total. The summed E-state index contributed by atoms with van der Waals surface area (Å²) < 4.78 is 13.3. The summed E-state index contributed by atoms with van der Waals surface area (Å²) in [7, 11) is 0. The zero-order chi connectivity index (χ0) is 21.8. The van der Waals surface area contributed by atoms with Gasteiger partial charge in [-0.05, 0) is 35.4 Å². The highest BCUT2D eigenvalue weighted by Gasteiger charge is 2.26. The minimum Gasteiger partial charge on any atom is -0.296 e. The molecule has 0 saturated carbocycles. The molecular weight excluding hydrogens is 399 g/mol. The number of nitrogens with one attached hydrogen (secondary N) is 1. The van der Waals surface area contributed by atoms with Crippen molar-refractivity contribution in [3.05, 3.63) is 114 Å². The van der Waals surface area contributed by atoms with E-state index in [9.17, 15) is 4.39 Å². The molecule has 1 aliphatic heterocycles. The number of piperazine rings is 1. The van der Waals surface area contributed by atoms with Crippen LogP contribution in [-0.2, 0) is 6.54 Å². The van der Waals surface area contributed by atoms with E-state index in [1.165, 1.54) is 23.3 Å². The standard InChI is InChI=1S/C27H27FN4/c28-25-13-11-21(12-14-25)26-24(19-29-30-26)20-31-15-17-32(18-16-31)27(22-7-3-1-4-8-22)23-9-5-2-6-10-23/h1-14,19,27H,15-18,20H2,(H,29,30). The number of H-pyrrole nitrogens is 1. The highest BCUT2D eigenvalue weighted by atomic mass is 19.1. The second kappa shape index (κ2) is 9.47. The van der Waals surface area contributed by atoms with E-state index in [0.29, 0.717) is 0 Å². The van der Waals surface area contributed by atoms with Gasteiger partial charge in [-0.25, -0.2) is 4.39 Å². The molecule has 32 heavy (non-hydrogen) atoms. The largest absolute Gasteiger partial charge is 0.296 e. The molecule has 0 aliphatic carbocycles. The van der Waals surface area contributed by atoms with Gasteiger partial charge < -0.3 is 0 Å². The van der Waals surface area contributed by atoms with Crippen LogP contribution in [0.15, 0.2) is 91.1 Å². The first-order valence-electron chi connectivity index (χ1n) is 11.1. The van der Waals surface area contributed by atoms with E-state index in [-0.39, 0.29) is 11.9 Å². The van der Waals surface area contributed by atoms with Gasteiger partial charge in [0, 0.05) is 43.9 Å². The third kappa shape index (κ3) is 4.49. The van der Waals surface area contributed by atoms with Gasteiger partial charge >= 0.3 is 0 Å². The van der Waals surface area contributed by atoms with Crippen LogP contribution in [0.4, 0.5) is 4.39 Å². The molecule has 0 unspecified atom stereocenters. The summed E-state index contributed by atoms with van der Waals surface area (Å²) in [5.41, 5.74) is 5.75. The molecule has 162 valence electrons. The minimum absolute atomic E-state index is 0.225. The topological polar surface area (TPSA) is 35.2 Å². The number of hydrogen-bond acceptors (Lipinski definition) is 3. The molecule has 1 N–H and O–H groups in total. The predicted molar refractivity (Wildman–Crippen MR) is 126 cm³/mol. The zero-order valence-electron chi connectivity index (χ0n) is 18.0. The summed E-state index contributed by atoms with van der Waals surface area (Å²) in [6.45, 7) is 4.81. The van der Waals surface area contributed by atoms with Gasteiger partial charge in [-0.2, -0.15) is 5.10 Å². The SMILES string of the molecule is Fc1ccc(-c2[nH]ncc2CN2CCN(C(c3ccccc3)c3ccccc3)CC2)cc1. The van der Waals surface area contributed by atoms with Gasteiger partial charge in [-0.15, -0.1) is 0 Å². The second-order valence-electron chi connectivity index (χ2n) is 8.31. The van der Waals surface area contributed by atoms with Crippen LogP contribution in [0.1, 0.15) is 22.7 Å². The Labute approximate surface area is 188 Å². The molecule has 2 heterocycles. The van der Waals surface area contributed by atoms with Crippen molar-refractivity contribution < 1.29 is 4.39 Å². The highest BCUT2D eigenvalue weighted by molar-refractivity contribution is 5.62. The third-order valence-corrected chi connectivity index (χ3v) is 6.25. The lowest BCUT2D eigenvalue weighted by molar-refractivity contribution is 0.105. The normalized spacial score (nSPS) is 15.3. The molecular formula is C27H27FN4. The van der Waals surface area contributed by atoms with E-state index in [1.54, 1.807) is 12.1 Å². The molecule has 5 heteroatoms. The molecule has 1 fully saturated rings. The van der Waals surface area contributed by atoms with Crippen molar-refractivity contribution in [2.24, 2.45) is 0 Å². The van der Waals surface area contributed by atoms with Crippen molar-refractivity contribution in [1.82, 2.24) is 20.0 Å². The Morgan fingerprint density at radius 2 is 1.38 bits per heavy atom. The fourth-order valence-electron chi connectivity index (χ4n) is 4.60. The molecule has 0 amide bonds. The lowest BCUT2D eigenvalue weighted by Gasteiger charge is -2.39. The maximum atomic E-state index is 13.3. The zero-order valence-corrected chi connectivity index (χ0v) is 18.0. The van der Waals surface area contributed by atoms with E-state index in [2.05, 4.69) is 80.7 Å². The Balaban J connectivity index is 1.29. The van der Waals surface area contributed by atoms with Crippen LogP contribution in [0.5, 0.6) is 0 Å². The van der Waals surface area contributed by atoms with Crippen LogP contribution in [0, 0.1) is 5.82 Å². The summed E-state index contributed by atoms with van der Waals surface area (Å²) in [6.07, 6.45) is 1.89. The van der Waals surface area contributed by atoms with Crippen LogP contribution in [0.2, 0.25) is 0 Å². The predicted octanol–water partition coefficient (Wildman–Crippen LogP) is 5.12. The fourth-order valence-corrected chi connectivity index (χ4v) is 4.60. The monoisotopic (exact) mass is 426 g/mol. The molecule has 1 saturated heterocycles. The van der Waals surface area contributed by atoms with Crippen molar-refractivity contribution in [2.75, 3.05) is 26.2 Å². The van der Waals surface area contributed by atoms with Gasteiger partial charge in [0.15, 0.2) is 0 Å². The number of rotatable bonds is 6. The summed E-state index contributed by atoms with van der Waals surface area (Å²) in [4.78, 5) is 5.05. The average Bonchev–Trinajstić information content (AvgIpc) is 3.30. The van der Waals surface area contributed by atoms with Gasteiger partial charge in [0.25, 0.3) is 0 Å². The lowest BCUT2D eigenvalue weighted by Crippen LogP contribution is -2.47. The van der Waals surface area contributed by atoms with Crippen LogP contribution in [-0.4, -0.2) is 46.2 Å². The quantitative estimate of drug-likeness (QED) is 0.465. The molecule has 3 aromatic carbocycles. The third-order valence-electron chi connectivity index (χ3n) is 6.25. The van der Waals surface area contributed by atoms with Gasteiger partial charge in [-0.3, -0.25) is 14.9 Å². The summed E-state index contributed by atoms with van der Waals surface area (Å²) in [5.74, 6) is -0.225. The highest BCUT2D eigenvalue weighted by Crippen LogP contribution is 2.30. The van der Waals surface area contributed by atoms with E-state index in [1.807, 2.05) is 6.20 Å². The van der Waals surface area contributed by atoms with E-state index in [0.717, 1.165) is 49.5 Å². The second-order valence-corrected chi connectivity index (χ2v) is 8.31. The van der Waals surface area contributed by atoms with Crippen molar-refractivity contribution in [1.29, 1.82) is 0 Å². The van der Waals surface area contributed by atoms with Gasteiger partial charge in [0.05, 0.1) is 17.9 Å². The van der Waals surface area contributed by atoms with Crippen LogP contribution >= 0.6 is 0 Å². The first-order chi connectivity index (χ1) is 15.8. The van der Waals surface area contributed by atoms with Crippen molar-refractivity contribution in [2.45, 2.75) is 12.6 Å². The Kier molecular flexibility index (Phi) is 6.10. The van der Waals surface area contributed by atoms with E-state index >= 15 is 0 Å².